The van der Waals surface area contributed by atoms with Crippen LogP contribution in [-0.4, -0.2) is 43.2 Å². The predicted molar refractivity (Wildman–Crippen MR) is 98.4 cm³/mol. The van der Waals surface area contributed by atoms with Crippen molar-refractivity contribution < 1.29 is 4.74 Å². The molecule has 2 aromatic rings. The van der Waals surface area contributed by atoms with Crippen LogP contribution in [0.25, 0.3) is 10.9 Å². The Balaban J connectivity index is 2.06. The molecule has 4 heteroatoms. The van der Waals surface area contributed by atoms with Crippen LogP contribution in [0.4, 0.5) is 5.69 Å². The van der Waals surface area contributed by atoms with Crippen molar-refractivity contribution in [3.05, 3.63) is 30.5 Å². The van der Waals surface area contributed by atoms with Crippen molar-refractivity contribution in [1.29, 1.82) is 0 Å². The molecular formula is C19H29N3O. The quantitative estimate of drug-likeness (QED) is 0.758. The van der Waals surface area contributed by atoms with E-state index in [1.807, 2.05) is 24.4 Å². The van der Waals surface area contributed by atoms with Gasteiger partial charge in [0.25, 0.3) is 0 Å². The topological polar surface area (TPSA) is 37.4 Å². The molecule has 0 aliphatic carbocycles. The van der Waals surface area contributed by atoms with Crippen molar-refractivity contribution in [3.8, 4) is 5.75 Å². The fraction of sp³-hybridized carbons (Fsp3) is 0.526. The Kier molecular flexibility index (Phi) is 6.66. The second kappa shape index (κ2) is 8.73. The van der Waals surface area contributed by atoms with E-state index in [-0.39, 0.29) is 0 Å². The van der Waals surface area contributed by atoms with Gasteiger partial charge in [-0.2, -0.15) is 0 Å². The summed E-state index contributed by atoms with van der Waals surface area (Å²) in [6, 6.07) is 8.08. The number of nitrogens with zero attached hydrogens (tertiary/aromatic N) is 2. The summed E-state index contributed by atoms with van der Waals surface area (Å²) in [6.07, 6.45) is 3.03. The lowest BCUT2D eigenvalue weighted by Gasteiger charge is -2.24. The first-order valence-electron chi connectivity index (χ1n) is 8.53. The molecule has 0 bridgehead atoms. The van der Waals surface area contributed by atoms with Crippen LogP contribution in [0.5, 0.6) is 5.75 Å². The Morgan fingerprint density at radius 3 is 2.78 bits per heavy atom. The van der Waals surface area contributed by atoms with Crippen LogP contribution in [0.2, 0.25) is 0 Å². The zero-order chi connectivity index (χ0) is 16.7. The Bertz CT molecular complexity index is 613. The lowest BCUT2D eigenvalue weighted by molar-refractivity contribution is 0.253. The maximum Gasteiger partial charge on any atom is 0.121 e. The van der Waals surface area contributed by atoms with Crippen LogP contribution in [0.1, 0.15) is 27.2 Å². The number of hydrogen-bond acceptors (Lipinski definition) is 4. The highest BCUT2D eigenvalue weighted by Gasteiger charge is 2.08. The number of benzene rings is 1. The Hall–Kier alpha value is -1.81. The summed E-state index contributed by atoms with van der Waals surface area (Å²) in [5.74, 6) is 1.56. The van der Waals surface area contributed by atoms with E-state index in [0.717, 1.165) is 48.5 Å². The van der Waals surface area contributed by atoms with Crippen molar-refractivity contribution >= 4 is 16.6 Å². The Morgan fingerprint density at radius 1 is 1.26 bits per heavy atom. The van der Waals surface area contributed by atoms with Crippen LogP contribution in [0.15, 0.2) is 30.5 Å². The van der Waals surface area contributed by atoms with E-state index in [9.17, 15) is 0 Å². The highest BCUT2D eigenvalue weighted by Crippen LogP contribution is 2.27. The second-order valence-corrected chi connectivity index (χ2v) is 6.37. The molecule has 0 radical (unpaired) electrons. The number of pyridine rings is 1. The summed E-state index contributed by atoms with van der Waals surface area (Å²) in [6.45, 7) is 11.0. The van der Waals surface area contributed by atoms with Crippen LogP contribution >= 0.6 is 0 Å². The van der Waals surface area contributed by atoms with Gasteiger partial charge in [0, 0.05) is 37.3 Å². The maximum absolute atomic E-state index is 5.40. The van der Waals surface area contributed by atoms with Gasteiger partial charge >= 0.3 is 0 Å². The number of nitrogens with one attached hydrogen (secondary N) is 1. The largest absolute Gasteiger partial charge is 0.497 e. The molecule has 0 saturated carbocycles. The molecule has 0 atom stereocenters. The van der Waals surface area contributed by atoms with Gasteiger partial charge < -0.3 is 15.0 Å². The average Bonchev–Trinajstić information content (AvgIpc) is 2.54. The maximum atomic E-state index is 5.40. The lowest BCUT2D eigenvalue weighted by atomic mass is 10.1. The van der Waals surface area contributed by atoms with Crippen molar-refractivity contribution in [2.45, 2.75) is 27.2 Å². The number of methoxy groups -OCH3 is 1. The van der Waals surface area contributed by atoms with E-state index >= 15 is 0 Å². The van der Waals surface area contributed by atoms with E-state index in [4.69, 9.17) is 4.74 Å². The fourth-order valence-electron chi connectivity index (χ4n) is 2.89. The second-order valence-electron chi connectivity index (χ2n) is 6.37. The summed E-state index contributed by atoms with van der Waals surface area (Å²) >= 11 is 0. The first-order chi connectivity index (χ1) is 11.1. The minimum atomic E-state index is 0.695. The Labute approximate surface area is 139 Å². The Morgan fingerprint density at radius 2 is 2.09 bits per heavy atom. The molecule has 126 valence electrons. The van der Waals surface area contributed by atoms with Gasteiger partial charge in [-0.25, -0.2) is 0 Å². The summed E-state index contributed by atoms with van der Waals surface area (Å²) in [5, 5.41) is 4.64. The van der Waals surface area contributed by atoms with Crippen LogP contribution < -0.4 is 10.1 Å². The van der Waals surface area contributed by atoms with Crippen molar-refractivity contribution in [1.82, 2.24) is 9.88 Å². The van der Waals surface area contributed by atoms with Crippen molar-refractivity contribution in [3.63, 3.8) is 0 Å². The third-order valence-corrected chi connectivity index (χ3v) is 3.82. The number of hydrogen-bond donors (Lipinski definition) is 1. The van der Waals surface area contributed by atoms with Crippen LogP contribution in [0, 0.1) is 5.92 Å². The normalized spacial score (nSPS) is 11.4. The minimum absolute atomic E-state index is 0.695. The molecule has 1 N–H and O–H groups in total. The summed E-state index contributed by atoms with van der Waals surface area (Å²) < 4.78 is 5.40. The average molecular weight is 315 g/mol. The minimum Gasteiger partial charge on any atom is -0.497 e. The van der Waals surface area contributed by atoms with E-state index in [1.54, 1.807) is 7.11 Å². The lowest BCUT2D eigenvalue weighted by Crippen LogP contribution is -2.33. The standard InChI is InChI=1S/C19H29N3O/c1-5-10-22(14-15(2)3)11-9-20-18-13-17(23-4)12-16-7-6-8-21-19(16)18/h6-8,12-13,15,20H,5,9-11,14H2,1-4H3. The molecule has 0 spiro atoms. The molecule has 0 unspecified atom stereocenters. The zero-order valence-corrected chi connectivity index (χ0v) is 14.8. The molecule has 0 aliphatic heterocycles. The van der Waals surface area contributed by atoms with Gasteiger partial charge in [0.2, 0.25) is 0 Å². The molecule has 0 saturated heterocycles. The molecule has 1 aromatic heterocycles. The van der Waals surface area contributed by atoms with Gasteiger partial charge in [-0.15, -0.1) is 0 Å². The fourth-order valence-corrected chi connectivity index (χ4v) is 2.89. The molecule has 2 rings (SSSR count). The molecule has 1 aromatic carbocycles. The number of anilines is 1. The van der Waals surface area contributed by atoms with Crippen LogP contribution in [-0.2, 0) is 0 Å². The zero-order valence-electron chi connectivity index (χ0n) is 14.8. The van der Waals surface area contributed by atoms with Crippen LogP contribution in [0.3, 0.4) is 0 Å². The van der Waals surface area contributed by atoms with Gasteiger partial charge in [0.1, 0.15) is 5.75 Å². The van der Waals surface area contributed by atoms with E-state index in [2.05, 4.69) is 42.0 Å². The number of aromatic nitrogens is 1. The molecule has 23 heavy (non-hydrogen) atoms. The van der Waals surface area contributed by atoms with E-state index < -0.39 is 0 Å². The van der Waals surface area contributed by atoms with Crippen molar-refractivity contribution in [2.75, 3.05) is 38.6 Å². The van der Waals surface area contributed by atoms with Gasteiger partial charge in [0.05, 0.1) is 18.3 Å². The molecular weight excluding hydrogens is 286 g/mol. The first kappa shape index (κ1) is 17.5. The highest BCUT2D eigenvalue weighted by atomic mass is 16.5. The summed E-state index contributed by atoms with van der Waals surface area (Å²) in [5.41, 5.74) is 2.04. The van der Waals surface area contributed by atoms with Gasteiger partial charge in [-0.05, 0) is 31.0 Å². The number of ether oxygens (including phenoxy) is 1. The van der Waals surface area contributed by atoms with E-state index in [1.165, 1.54) is 6.42 Å². The molecule has 0 fully saturated rings. The molecule has 1 heterocycles. The molecule has 0 aliphatic rings. The molecule has 4 nitrogen and oxygen atoms in total. The predicted octanol–water partition coefficient (Wildman–Crippen LogP) is 4.02. The van der Waals surface area contributed by atoms with Gasteiger partial charge in [-0.3, -0.25) is 4.98 Å². The smallest absolute Gasteiger partial charge is 0.121 e. The van der Waals surface area contributed by atoms with Gasteiger partial charge in [-0.1, -0.05) is 26.8 Å². The highest BCUT2D eigenvalue weighted by molar-refractivity contribution is 5.91. The first-order valence-corrected chi connectivity index (χ1v) is 8.53. The third-order valence-electron chi connectivity index (χ3n) is 3.82. The van der Waals surface area contributed by atoms with Crippen molar-refractivity contribution in [2.24, 2.45) is 5.92 Å². The number of fused-ring (bicyclic) bond motifs is 1. The molecule has 0 amide bonds. The summed E-state index contributed by atoms with van der Waals surface area (Å²) in [7, 11) is 1.70. The third kappa shape index (κ3) is 5.10. The SMILES string of the molecule is CCCN(CCNc1cc(OC)cc2cccnc12)CC(C)C. The number of rotatable bonds is 9. The van der Waals surface area contributed by atoms with E-state index in [0.29, 0.717) is 5.92 Å². The van der Waals surface area contributed by atoms with Gasteiger partial charge in [0.15, 0.2) is 0 Å². The monoisotopic (exact) mass is 315 g/mol. The summed E-state index contributed by atoms with van der Waals surface area (Å²) in [4.78, 5) is 7.03.